The van der Waals surface area contributed by atoms with Crippen LogP contribution in [-0.4, -0.2) is 66.2 Å². The molecule has 3 rings (SSSR count). The zero-order valence-electron chi connectivity index (χ0n) is 16.7. The Morgan fingerprint density at radius 2 is 1.89 bits per heavy atom. The van der Waals surface area contributed by atoms with Crippen LogP contribution in [0.1, 0.15) is 44.7 Å². The van der Waals surface area contributed by atoms with Crippen molar-refractivity contribution in [3.8, 4) is 0 Å². The fourth-order valence-corrected chi connectivity index (χ4v) is 3.98. The van der Waals surface area contributed by atoms with Gasteiger partial charge in [0.1, 0.15) is 0 Å². The molecular formula is C21H35IN4O. The van der Waals surface area contributed by atoms with Gasteiger partial charge in [-0.2, -0.15) is 0 Å². The second kappa shape index (κ2) is 11.2. The summed E-state index contributed by atoms with van der Waals surface area (Å²) in [6.07, 6.45) is 3.14. The second-order valence-corrected chi connectivity index (χ2v) is 7.73. The fraction of sp³-hybridized carbons (Fsp3) is 0.667. The highest BCUT2D eigenvalue weighted by Crippen LogP contribution is 2.27. The van der Waals surface area contributed by atoms with Crippen LogP contribution < -0.4 is 5.32 Å². The third-order valence-electron chi connectivity index (χ3n) is 5.66. The quantitative estimate of drug-likeness (QED) is 0.382. The molecule has 2 aliphatic rings. The maximum atomic E-state index is 9.87. The van der Waals surface area contributed by atoms with Crippen LogP contribution in [0.4, 0.5) is 0 Å². The number of piperidine rings is 1. The summed E-state index contributed by atoms with van der Waals surface area (Å²) in [5.74, 6) is 1.77. The number of β-amino-alcohol motifs (C(OH)–C–C–N with tert-alkyl or cyclic N) is 1. The number of aliphatic hydroxyl groups excluding tert-OH is 1. The largest absolute Gasteiger partial charge is 0.391 e. The van der Waals surface area contributed by atoms with Gasteiger partial charge >= 0.3 is 0 Å². The van der Waals surface area contributed by atoms with E-state index in [9.17, 15) is 5.11 Å². The maximum absolute atomic E-state index is 9.87. The zero-order valence-corrected chi connectivity index (χ0v) is 19.0. The summed E-state index contributed by atoms with van der Waals surface area (Å²) in [5, 5.41) is 13.3. The first-order valence-electron chi connectivity index (χ1n) is 10.2. The zero-order chi connectivity index (χ0) is 18.4. The molecule has 2 fully saturated rings. The van der Waals surface area contributed by atoms with E-state index in [0.717, 1.165) is 51.0 Å². The second-order valence-electron chi connectivity index (χ2n) is 7.73. The van der Waals surface area contributed by atoms with Crippen LogP contribution in [0.15, 0.2) is 35.3 Å². The minimum Gasteiger partial charge on any atom is -0.391 e. The smallest absolute Gasteiger partial charge is 0.194 e. The molecule has 2 saturated heterocycles. The van der Waals surface area contributed by atoms with E-state index < -0.39 is 0 Å². The number of benzene rings is 1. The monoisotopic (exact) mass is 486 g/mol. The molecule has 5 nitrogen and oxygen atoms in total. The first kappa shape index (κ1) is 22.4. The average molecular weight is 486 g/mol. The van der Waals surface area contributed by atoms with E-state index in [-0.39, 0.29) is 30.1 Å². The number of hydrogen-bond acceptors (Lipinski definition) is 3. The molecule has 2 heterocycles. The van der Waals surface area contributed by atoms with Crippen LogP contribution in [0, 0.1) is 5.92 Å². The molecule has 0 radical (unpaired) electrons. The van der Waals surface area contributed by atoms with Crippen molar-refractivity contribution in [2.45, 2.75) is 45.3 Å². The Morgan fingerprint density at radius 1 is 1.19 bits per heavy atom. The molecular weight excluding hydrogens is 451 g/mol. The Morgan fingerprint density at radius 3 is 2.48 bits per heavy atom. The van der Waals surface area contributed by atoms with Gasteiger partial charge in [-0.3, -0.25) is 9.89 Å². The van der Waals surface area contributed by atoms with Gasteiger partial charge in [0.05, 0.1) is 18.7 Å². The summed E-state index contributed by atoms with van der Waals surface area (Å²) >= 11 is 0. The number of nitrogens with zero attached hydrogens (tertiary/aromatic N) is 3. The standard InChI is InChI=1S/C21H34N4O.HI/c1-3-22-21(25-14-11-19(26)16-25)23-15-20(18-7-5-4-6-8-18)24-12-9-17(2)10-13-24;/h4-8,17,19-20,26H,3,9-16H2,1-2H3,(H,22,23);1H/t19-,20?;/m1./s1. The molecule has 2 aliphatic heterocycles. The number of aliphatic imine (C=N–C) groups is 1. The predicted octanol–water partition coefficient (Wildman–Crippen LogP) is 3.11. The number of rotatable bonds is 5. The van der Waals surface area contributed by atoms with Gasteiger partial charge in [0.25, 0.3) is 0 Å². The van der Waals surface area contributed by atoms with E-state index in [1.807, 2.05) is 0 Å². The van der Waals surface area contributed by atoms with Crippen LogP contribution in [0.25, 0.3) is 0 Å². The van der Waals surface area contributed by atoms with Crippen LogP contribution >= 0.6 is 24.0 Å². The number of halogens is 1. The highest BCUT2D eigenvalue weighted by atomic mass is 127. The Bertz CT molecular complexity index is 575. The fourth-order valence-electron chi connectivity index (χ4n) is 3.98. The van der Waals surface area contributed by atoms with E-state index in [0.29, 0.717) is 12.6 Å². The lowest BCUT2D eigenvalue weighted by Gasteiger charge is -2.36. The number of guanidine groups is 1. The number of likely N-dealkylation sites (tertiary alicyclic amines) is 2. The first-order valence-corrected chi connectivity index (χ1v) is 10.2. The minimum atomic E-state index is -0.229. The summed E-state index contributed by atoms with van der Waals surface area (Å²) in [4.78, 5) is 9.77. The van der Waals surface area contributed by atoms with E-state index >= 15 is 0 Å². The molecule has 27 heavy (non-hydrogen) atoms. The van der Waals surface area contributed by atoms with Crippen LogP contribution in [0.2, 0.25) is 0 Å². The number of hydrogen-bond donors (Lipinski definition) is 2. The SMILES string of the molecule is CCNC(=NCC(c1ccccc1)N1CCC(C)CC1)N1CC[C@@H](O)C1.I. The Balaban J connectivity index is 0.00000261. The average Bonchev–Trinajstić information content (AvgIpc) is 3.09. The molecule has 0 amide bonds. The summed E-state index contributed by atoms with van der Waals surface area (Å²) in [6.45, 7) is 9.92. The molecule has 2 N–H and O–H groups in total. The van der Waals surface area contributed by atoms with Gasteiger partial charge in [-0.05, 0) is 50.8 Å². The van der Waals surface area contributed by atoms with E-state index in [4.69, 9.17) is 4.99 Å². The minimum absolute atomic E-state index is 0. The summed E-state index contributed by atoms with van der Waals surface area (Å²) < 4.78 is 0. The lowest BCUT2D eigenvalue weighted by molar-refractivity contribution is 0.141. The Kier molecular flexibility index (Phi) is 9.32. The molecule has 0 aromatic heterocycles. The van der Waals surface area contributed by atoms with Gasteiger partial charge in [0.2, 0.25) is 0 Å². The third kappa shape index (κ3) is 6.32. The van der Waals surface area contributed by atoms with Gasteiger partial charge < -0.3 is 15.3 Å². The number of aliphatic hydroxyl groups is 1. The van der Waals surface area contributed by atoms with Crippen LogP contribution in [0.5, 0.6) is 0 Å². The van der Waals surface area contributed by atoms with Crippen molar-refractivity contribution in [2.75, 3.05) is 39.3 Å². The van der Waals surface area contributed by atoms with E-state index in [1.165, 1.54) is 18.4 Å². The Hall–Kier alpha value is -0.860. The van der Waals surface area contributed by atoms with Gasteiger partial charge in [-0.1, -0.05) is 37.3 Å². The van der Waals surface area contributed by atoms with Gasteiger partial charge in [-0.15, -0.1) is 24.0 Å². The van der Waals surface area contributed by atoms with Crippen molar-refractivity contribution in [1.82, 2.24) is 15.1 Å². The van der Waals surface area contributed by atoms with Crippen LogP contribution in [0.3, 0.4) is 0 Å². The topological polar surface area (TPSA) is 51.1 Å². The van der Waals surface area contributed by atoms with Crippen molar-refractivity contribution in [2.24, 2.45) is 10.9 Å². The summed E-state index contributed by atoms with van der Waals surface area (Å²) in [6, 6.07) is 11.1. The molecule has 1 aromatic carbocycles. The molecule has 1 unspecified atom stereocenters. The van der Waals surface area contributed by atoms with Gasteiger partial charge in [0.15, 0.2) is 5.96 Å². The predicted molar refractivity (Wildman–Crippen MR) is 123 cm³/mol. The first-order chi connectivity index (χ1) is 12.7. The van der Waals surface area contributed by atoms with Crippen molar-refractivity contribution in [1.29, 1.82) is 0 Å². The maximum Gasteiger partial charge on any atom is 0.194 e. The van der Waals surface area contributed by atoms with Gasteiger partial charge in [0, 0.05) is 19.6 Å². The van der Waals surface area contributed by atoms with Crippen molar-refractivity contribution in [3.05, 3.63) is 35.9 Å². The summed E-state index contributed by atoms with van der Waals surface area (Å²) in [7, 11) is 0. The summed E-state index contributed by atoms with van der Waals surface area (Å²) in [5.41, 5.74) is 1.35. The molecule has 1 aromatic rings. The van der Waals surface area contributed by atoms with Gasteiger partial charge in [-0.25, -0.2) is 0 Å². The van der Waals surface area contributed by atoms with Crippen molar-refractivity contribution >= 4 is 29.9 Å². The normalized spacial score (nSPS) is 23.1. The number of nitrogens with one attached hydrogen (secondary N) is 1. The highest BCUT2D eigenvalue weighted by molar-refractivity contribution is 14.0. The molecule has 2 atom stereocenters. The molecule has 0 saturated carbocycles. The highest BCUT2D eigenvalue weighted by Gasteiger charge is 2.26. The molecule has 0 aliphatic carbocycles. The van der Waals surface area contributed by atoms with Crippen molar-refractivity contribution < 1.29 is 5.11 Å². The molecule has 0 bridgehead atoms. The lowest BCUT2D eigenvalue weighted by atomic mass is 9.96. The van der Waals surface area contributed by atoms with E-state index in [2.05, 4.69) is 59.3 Å². The Labute approximate surface area is 181 Å². The molecule has 0 spiro atoms. The van der Waals surface area contributed by atoms with E-state index in [1.54, 1.807) is 0 Å². The molecule has 152 valence electrons. The lowest BCUT2D eigenvalue weighted by Crippen LogP contribution is -2.42. The third-order valence-corrected chi connectivity index (χ3v) is 5.66. The molecule has 6 heteroatoms. The van der Waals surface area contributed by atoms with Crippen molar-refractivity contribution in [3.63, 3.8) is 0 Å². The van der Waals surface area contributed by atoms with Crippen LogP contribution in [-0.2, 0) is 0 Å².